The summed E-state index contributed by atoms with van der Waals surface area (Å²) in [6, 6.07) is 3.36. The number of H-pyrrole nitrogens is 1. The van der Waals surface area contributed by atoms with Crippen molar-refractivity contribution >= 4 is 24.1 Å². The van der Waals surface area contributed by atoms with Crippen LogP contribution in [0.5, 0.6) is 0 Å². The molecule has 0 spiro atoms. The Bertz CT molecular complexity index is 470. The second-order valence-electron chi connectivity index (χ2n) is 3.58. The first-order valence-electron chi connectivity index (χ1n) is 5.76. The van der Waals surface area contributed by atoms with Crippen LogP contribution in [0.25, 0.3) is 0 Å². The number of nitrogens with one attached hydrogen (secondary N) is 2. The van der Waals surface area contributed by atoms with E-state index in [1.54, 1.807) is 25.3 Å². The minimum atomic E-state index is -0.247. The molecule has 0 saturated carbocycles. The van der Waals surface area contributed by atoms with E-state index in [0.717, 1.165) is 0 Å². The zero-order valence-electron chi connectivity index (χ0n) is 10.2. The van der Waals surface area contributed by atoms with Crippen LogP contribution in [0.15, 0.2) is 18.3 Å². The fraction of sp³-hybridized carbons (Fsp3) is 0.417. The number of rotatable bonds is 6. The zero-order chi connectivity index (χ0) is 13.4. The number of aromatic nitrogens is 1. The minimum absolute atomic E-state index is 0.235. The highest BCUT2D eigenvalue weighted by atomic mass is 32.1. The largest absolute Gasteiger partial charge is 0.466 e. The third-order valence-electron chi connectivity index (χ3n) is 2.21. The molecule has 1 amide bonds. The molecule has 98 valence electrons. The first kappa shape index (κ1) is 14.4. The van der Waals surface area contributed by atoms with E-state index >= 15 is 0 Å². The maximum atomic E-state index is 11.7. The van der Waals surface area contributed by atoms with Gasteiger partial charge in [-0.05, 0) is 25.5 Å². The summed E-state index contributed by atoms with van der Waals surface area (Å²) >= 11 is 4.99. The zero-order valence-corrected chi connectivity index (χ0v) is 11.0. The van der Waals surface area contributed by atoms with Gasteiger partial charge in [-0.15, -0.1) is 0 Å². The molecule has 0 unspecified atom stereocenters. The van der Waals surface area contributed by atoms with E-state index in [4.69, 9.17) is 17.0 Å². The first-order chi connectivity index (χ1) is 8.65. The lowest BCUT2D eigenvalue weighted by Crippen LogP contribution is -2.25. The average Bonchev–Trinajstić information content (AvgIpc) is 2.35. The Kier molecular flexibility index (Phi) is 6.07. The third-order valence-corrected chi connectivity index (χ3v) is 2.55. The number of amides is 1. The lowest BCUT2D eigenvalue weighted by Gasteiger charge is -2.05. The molecule has 6 heteroatoms. The van der Waals surface area contributed by atoms with Gasteiger partial charge >= 0.3 is 5.97 Å². The van der Waals surface area contributed by atoms with Crippen molar-refractivity contribution in [2.75, 3.05) is 13.2 Å². The van der Waals surface area contributed by atoms with E-state index in [2.05, 4.69) is 10.3 Å². The molecule has 5 nitrogen and oxygen atoms in total. The van der Waals surface area contributed by atoms with Gasteiger partial charge in [-0.1, -0.05) is 12.2 Å². The molecular weight excluding hydrogens is 252 g/mol. The maximum absolute atomic E-state index is 11.7. The van der Waals surface area contributed by atoms with Gasteiger partial charge in [0.05, 0.1) is 12.2 Å². The number of ether oxygens (including phenoxy) is 1. The Balaban J connectivity index is 2.32. The summed E-state index contributed by atoms with van der Waals surface area (Å²) in [5.74, 6) is -0.482. The molecule has 0 aromatic carbocycles. The quantitative estimate of drug-likeness (QED) is 0.469. The molecule has 0 atom stereocenters. The van der Waals surface area contributed by atoms with Crippen LogP contribution in [0.1, 0.15) is 30.1 Å². The summed E-state index contributed by atoms with van der Waals surface area (Å²) < 4.78 is 5.18. The van der Waals surface area contributed by atoms with Gasteiger partial charge in [-0.2, -0.15) is 0 Å². The molecule has 0 aliphatic rings. The number of esters is 1. The van der Waals surface area contributed by atoms with Crippen molar-refractivity contribution < 1.29 is 14.3 Å². The summed E-state index contributed by atoms with van der Waals surface area (Å²) in [5, 5.41) is 2.70. The molecule has 1 aromatic heterocycles. The van der Waals surface area contributed by atoms with E-state index < -0.39 is 0 Å². The number of aromatic amines is 1. The summed E-state index contributed by atoms with van der Waals surface area (Å²) in [6.07, 6.45) is 2.52. The number of pyridine rings is 1. The molecule has 0 saturated heterocycles. The van der Waals surface area contributed by atoms with Gasteiger partial charge in [-0.25, -0.2) is 0 Å². The van der Waals surface area contributed by atoms with Crippen LogP contribution in [-0.4, -0.2) is 30.0 Å². The number of carbonyl (C=O) groups is 2. The predicted molar refractivity (Wildman–Crippen MR) is 69.8 cm³/mol. The summed E-state index contributed by atoms with van der Waals surface area (Å²) in [4.78, 5) is 25.6. The first-order valence-corrected chi connectivity index (χ1v) is 6.17. The van der Waals surface area contributed by atoms with E-state index in [0.29, 0.717) is 36.2 Å². The summed E-state index contributed by atoms with van der Waals surface area (Å²) in [6.45, 7) is 2.56. The molecule has 18 heavy (non-hydrogen) atoms. The van der Waals surface area contributed by atoms with Crippen molar-refractivity contribution in [1.29, 1.82) is 0 Å². The highest BCUT2D eigenvalue weighted by Crippen LogP contribution is 1.99. The van der Waals surface area contributed by atoms with Crippen LogP contribution in [0.4, 0.5) is 0 Å². The Morgan fingerprint density at radius 3 is 2.94 bits per heavy atom. The van der Waals surface area contributed by atoms with Gasteiger partial charge in [0.15, 0.2) is 0 Å². The van der Waals surface area contributed by atoms with E-state index in [1.807, 2.05) is 0 Å². The molecule has 0 radical (unpaired) electrons. The van der Waals surface area contributed by atoms with Crippen LogP contribution >= 0.6 is 12.2 Å². The minimum Gasteiger partial charge on any atom is -0.466 e. The monoisotopic (exact) mass is 268 g/mol. The molecule has 0 bridgehead atoms. The molecule has 1 aromatic rings. The number of carbonyl (C=O) groups excluding carboxylic acids is 2. The second-order valence-corrected chi connectivity index (χ2v) is 3.99. The lowest BCUT2D eigenvalue weighted by atomic mass is 10.2. The molecular formula is C12H16N2O3S. The number of hydrogen-bond acceptors (Lipinski definition) is 4. The van der Waals surface area contributed by atoms with E-state index in [-0.39, 0.29) is 11.9 Å². The molecule has 0 fully saturated rings. The summed E-state index contributed by atoms with van der Waals surface area (Å²) in [7, 11) is 0. The SMILES string of the molecule is CCOC(=O)CCCNC(=O)c1ccc[nH]c1=S. The van der Waals surface area contributed by atoms with Crippen molar-refractivity contribution in [2.24, 2.45) is 0 Å². The highest BCUT2D eigenvalue weighted by Gasteiger charge is 2.07. The van der Waals surface area contributed by atoms with Gasteiger partial charge in [0.2, 0.25) is 0 Å². The smallest absolute Gasteiger partial charge is 0.305 e. The maximum Gasteiger partial charge on any atom is 0.305 e. The van der Waals surface area contributed by atoms with Crippen LogP contribution in [0, 0.1) is 4.64 Å². The van der Waals surface area contributed by atoms with Gasteiger partial charge in [-0.3, -0.25) is 9.59 Å². The normalized spacial score (nSPS) is 9.83. The van der Waals surface area contributed by atoms with Crippen molar-refractivity contribution in [1.82, 2.24) is 10.3 Å². The Labute approximate surface area is 111 Å². The Morgan fingerprint density at radius 2 is 2.28 bits per heavy atom. The molecule has 1 heterocycles. The molecule has 0 aliphatic heterocycles. The lowest BCUT2D eigenvalue weighted by molar-refractivity contribution is -0.143. The van der Waals surface area contributed by atoms with Gasteiger partial charge in [0.25, 0.3) is 5.91 Å². The van der Waals surface area contributed by atoms with Gasteiger partial charge < -0.3 is 15.0 Å². The highest BCUT2D eigenvalue weighted by molar-refractivity contribution is 7.71. The topological polar surface area (TPSA) is 71.2 Å². The van der Waals surface area contributed by atoms with Crippen molar-refractivity contribution in [3.05, 3.63) is 28.5 Å². The Hall–Kier alpha value is -1.69. The predicted octanol–water partition coefficient (Wildman–Crippen LogP) is 1.82. The van der Waals surface area contributed by atoms with Crippen LogP contribution in [0.2, 0.25) is 0 Å². The fourth-order valence-corrected chi connectivity index (χ4v) is 1.59. The van der Waals surface area contributed by atoms with Gasteiger partial charge in [0.1, 0.15) is 4.64 Å². The van der Waals surface area contributed by atoms with Crippen LogP contribution < -0.4 is 5.32 Å². The third kappa shape index (κ3) is 4.67. The van der Waals surface area contributed by atoms with Crippen molar-refractivity contribution in [3.63, 3.8) is 0 Å². The van der Waals surface area contributed by atoms with E-state index in [1.165, 1.54) is 0 Å². The van der Waals surface area contributed by atoms with Crippen LogP contribution in [0.3, 0.4) is 0 Å². The second kappa shape index (κ2) is 7.60. The summed E-state index contributed by atoms with van der Waals surface area (Å²) in [5.41, 5.74) is 0.434. The van der Waals surface area contributed by atoms with E-state index in [9.17, 15) is 9.59 Å². The standard InChI is InChI=1S/C12H16N2O3S/c1-2-17-10(15)6-4-7-13-11(16)9-5-3-8-14-12(9)18/h3,5,8H,2,4,6-7H2,1H3,(H,13,16)(H,14,18). The van der Waals surface area contributed by atoms with Crippen molar-refractivity contribution in [2.45, 2.75) is 19.8 Å². The molecule has 0 aliphatic carbocycles. The van der Waals surface area contributed by atoms with Crippen molar-refractivity contribution in [3.8, 4) is 0 Å². The van der Waals surface area contributed by atoms with Gasteiger partial charge in [0, 0.05) is 19.2 Å². The van der Waals surface area contributed by atoms with Crippen LogP contribution in [-0.2, 0) is 9.53 Å². The molecule has 2 N–H and O–H groups in total. The average molecular weight is 268 g/mol. The number of hydrogen-bond donors (Lipinski definition) is 2. The molecule has 1 rings (SSSR count). The Morgan fingerprint density at radius 1 is 1.50 bits per heavy atom. The fourth-order valence-electron chi connectivity index (χ4n) is 1.36.